The molecule has 8 N–H and O–H groups in total. The van der Waals surface area contributed by atoms with Crippen LogP contribution in [0.15, 0.2) is 47.4 Å². The van der Waals surface area contributed by atoms with Gasteiger partial charge in [-0.15, -0.1) is 0 Å². The van der Waals surface area contributed by atoms with Gasteiger partial charge in [0.2, 0.25) is 11.2 Å². The number of carbonyl (C=O) groups is 1. The molecule has 1 saturated carbocycles. The molecule has 1 aromatic heterocycles. The first-order valence-electron chi connectivity index (χ1n) is 13.1. The molecule has 1 aliphatic carbocycles. The smallest absolute Gasteiger partial charge is 0.387 e. The summed E-state index contributed by atoms with van der Waals surface area (Å²) in [6.45, 7) is 0.182. The topological polar surface area (TPSA) is 262 Å². The van der Waals surface area contributed by atoms with Crippen LogP contribution in [0.25, 0.3) is 0 Å². The molecule has 17 nitrogen and oxygen atoms in total. The SMILES string of the molecule is CC(=O)NC[C@@H]1CCC(OP(=O)(O)OC[C@H]2O[C@@H](n3ccc(N)nc3=O)[C@H](O)[C@@H]2O)(P(=O)(O)O)[C@H]1OCc1ccccc1. The number of aliphatic hydroxyl groups excluding tert-OH is 2. The summed E-state index contributed by atoms with van der Waals surface area (Å²) in [4.78, 5) is 58.8. The number of hydrogen-bond acceptors (Lipinski definition) is 12. The Morgan fingerprint density at radius 2 is 1.88 bits per heavy atom. The summed E-state index contributed by atoms with van der Waals surface area (Å²) in [6, 6.07) is 9.89. The van der Waals surface area contributed by atoms with Crippen LogP contribution in [0.4, 0.5) is 5.82 Å². The monoisotopic (exact) mass is 648 g/mol. The van der Waals surface area contributed by atoms with Crippen molar-refractivity contribution in [1.82, 2.24) is 14.9 Å². The lowest BCUT2D eigenvalue weighted by atomic mass is 10.1. The molecule has 2 heterocycles. The highest BCUT2D eigenvalue weighted by Crippen LogP contribution is 2.67. The Labute approximate surface area is 245 Å². The van der Waals surface area contributed by atoms with E-state index in [2.05, 4.69) is 10.3 Å². The maximum Gasteiger partial charge on any atom is 0.473 e. The minimum atomic E-state index is -5.38. The number of nitrogen functional groups attached to an aromatic ring is 1. The Morgan fingerprint density at radius 1 is 1.19 bits per heavy atom. The average molecular weight is 648 g/mol. The second-order valence-electron chi connectivity index (χ2n) is 10.3. The normalized spacial score (nSPS) is 30.7. The number of benzene rings is 1. The zero-order chi connectivity index (χ0) is 31.6. The summed E-state index contributed by atoms with van der Waals surface area (Å²) in [7, 11) is -10.7. The van der Waals surface area contributed by atoms with Gasteiger partial charge in [-0.2, -0.15) is 4.98 Å². The number of ether oxygens (including phenoxy) is 2. The molecule has 1 saturated heterocycles. The van der Waals surface area contributed by atoms with Gasteiger partial charge in [-0.05, 0) is 24.5 Å². The van der Waals surface area contributed by atoms with Crippen LogP contribution < -0.4 is 16.7 Å². The summed E-state index contributed by atoms with van der Waals surface area (Å²) in [5.41, 5.74) is 5.21. The van der Waals surface area contributed by atoms with E-state index in [0.29, 0.717) is 5.56 Å². The number of rotatable bonds is 12. The van der Waals surface area contributed by atoms with Crippen molar-refractivity contribution in [3.8, 4) is 0 Å². The maximum absolute atomic E-state index is 13.2. The van der Waals surface area contributed by atoms with Crippen LogP contribution >= 0.6 is 15.4 Å². The fraction of sp³-hybridized carbons (Fsp3) is 0.542. The molecule has 1 aliphatic heterocycles. The first-order valence-corrected chi connectivity index (χ1v) is 16.2. The Bertz CT molecular complexity index is 1440. The number of nitrogens with zero attached hydrogens (tertiary/aromatic N) is 2. The molecule has 1 amide bonds. The number of phosphoric ester groups is 1. The van der Waals surface area contributed by atoms with Crippen molar-refractivity contribution < 1.29 is 57.3 Å². The molecule has 43 heavy (non-hydrogen) atoms. The van der Waals surface area contributed by atoms with E-state index in [0.717, 1.165) is 4.57 Å². The van der Waals surface area contributed by atoms with Crippen molar-refractivity contribution in [1.29, 1.82) is 0 Å². The van der Waals surface area contributed by atoms with Gasteiger partial charge < -0.3 is 45.4 Å². The number of phosphoric acid groups is 1. The predicted molar refractivity (Wildman–Crippen MR) is 147 cm³/mol. The van der Waals surface area contributed by atoms with Crippen LogP contribution in [0.2, 0.25) is 0 Å². The number of nitrogens with two attached hydrogens (primary N) is 1. The third-order valence-electron chi connectivity index (χ3n) is 7.26. The van der Waals surface area contributed by atoms with E-state index in [1.807, 2.05) is 0 Å². The molecule has 0 bridgehead atoms. The Morgan fingerprint density at radius 3 is 2.51 bits per heavy atom. The van der Waals surface area contributed by atoms with Crippen LogP contribution in [0.1, 0.15) is 31.6 Å². The minimum absolute atomic E-state index is 0.0492. The lowest BCUT2D eigenvalue weighted by molar-refractivity contribution is -0.120. The standard InChI is InChI=1S/C24H34N4O13P2/c1-14(29)26-11-16-7-9-24(42(33,34)35,21(16)38-12-15-5-3-2-4-6-15)41-43(36,37)39-13-17-19(30)20(31)22(40-17)28-10-8-18(25)27-23(28)32/h2-6,8,10,16-17,19-22,30-31H,7,9,11-13H2,1H3,(H,26,29)(H,36,37)(H2,25,27,32)(H2,33,34,35)/t16-,17+,19+,20+,21-,22+,24?/m0/s1. The highest BCUT2D eigenvalue weighted by atomic mass is 31.2. The van der Waals surface area contributed by atoms with Crippen molar-refractivity contribution in [3.05, 3.63) is 58.6 Å². The molecule has 2 fully saturated rings. The highest BCUT2D eigenvalue weighted by molar-refractivity contribution is 7.55. The predicted octanol–water partition coefficient (Wildman–Crippen LogP) is -0.416. The zero-order valence-electron chi connectivity index (χ0n) is 22.9. The number of amides is 1. The van der Waals surface area contributed by atoms with Gasteiger partial charge >= 0.3 is 21.1 Å². The van der Waals surface area contributed by atoms with Gasteiger partial charge in [-0.1, -0.05) is 30.3 Å². The third kappa shape index (κ3) is 7.59. The molecular weight excluding hydrogens is 614 g/mol. The number of nitrogens with one attached hydrogen (secondary N) is 1. The zero-order valence-corrected chi connectivity index (χ0v) is 24.7. The molecule has 2 aromatic rings. The van der Waals surface area contributed by atoms with Crippen LogP contribution in [0, 0.1) is 5.92 Å². The van der Waals surface area contributed by atoms with E-state index in [-0.39, 0.29) is 25.4 Å². The molecule has 238 valence electrons. The lowest BCUT2D eigenvalue weighted by Crippen LogP contribution is -2.46. The van der Waals surface area contributed by atoms with Gasteiger partial charge in [-0.3, -0.25) is 23.0 Å². The summed E-state index contributed by atoms with van der Waals surface area (Å²) in [6.07, 6.45) is -6.98. The van der Waals surface area contributed by atoms with Gasteiger partial charge in [-0.25, -0.2) is 9.36 Å². The number of anilines is 1. The summed E-state index contributed by atoms with van der Waals surface area (Å²) >= 11 is 0. The first kappa shape index (κ1) is 33.4. The molecule has 4 rings (SSSR count). The average Bonchev–Trinajstić information content (AvgIpc) is 3.42. The Hall–Kier alpha value is -2.53. The van der Waals surface area contributed by atoms with E-state index < -0.39 is 81.9 Å². The number of carbonyl (C=O) groups excluding carboxylic acids is 1. The lowest BCUT2D eigenvalue weighted by Gasteiger charge is -2.37. The molecular formula is C24H34N4O13P2. The van der Waals surface area contributed by atoms with E-state index in [1.54, 1.807) is 30.3 Å². The number of aliphatic hydroxyl groups is 2. The first-order chi connectivity index (χ1) is 20.1. The van der Waals surface area contributed by atoms with Crippen molar-refractivity contribution in [2.75, 3.05) is 18.9 Å². The largest absolute Gasteiger partial charge is 0.473 e. The quantitative estimate of drug-likeness (QED) is 0.144. The molecule has 1 aromatic carbocycles. The van der Waals surface area contributed by atoms with Crippen molar-refractivity contribution in [2.24, 2.45) is 5.92 Å². The van der Waals surface area contributed by atoms with Crippen molar-refractivity contribution in [2.45, 2.75) is 62.4 Å². The van der Waals surface area contributed by atoms with Crippen LogP contribution in [-0.2, 0) is 39.1 Å². The van der Waals surface area contributed by atoms with Gasteiger partial charge in [0.15, 0.2) is 6.23 Å². The molecule has 2 unspecified atom stereocenters. The highest BCUT2D eigenvalue weighted by Gasteiger charge is 2.64. The second kappa shape index (κ2) is 13.2. The maximum atomic E-state index is 13.2. The van der Waals surface area contributed by atoms with E-state index >= 15 is 0 Å². The van der Waals surface area contributed by atoms with Crippen LogP contribution in [0.5, 0.6) is 0 Å². The van der Waals surface area contributed by atoms with Gasteiger partial charge in [0.05, 0.1) is 13.2 Å². The molecule has 8 atom stereocenters. The van der Waals surface area contributed by atoms with Crippen LogP contribution in [0.3, 0.4) is 0 Å². The van der Waals surface area contributed by atoms with Crippen molar-refractivity contribution >= 4 is 27.1 Å². The molecule has 19 heteroatoms. The summed E-state index contributed by atoms with van der Waals surface area (Å²) in [5, 5.41) is 20.8. The summed E-state index contributed by atoms with van der Waals surface area (Å²) < 4.78 is 48.6. The molecule has 0 spiro atoms. The molecule has 0 radical (unpaired) electrons. The fourth-order valence-electron chi connectivity index (χ4n) is 5.14. The van der Waals surface area contributed by atoms with E-state index in [4.69, 9.17) is 24.3 Å². The Kier molecular flexibility index (Phi) is 10.3. The fourth-order valence-corrected chi connectivity index (χ4v) is 7.89. The van der Waals surface area contributed by atoms with E-state index in [1.165, 1.54) is 19.2 Å². The van der Waals surface area contributed by atoms with Gasteiger partial charge in [0.1, 0.15) is 30.2 Å². The number of aromatic nitrogens is 2. The Balaban J connectivity index is 1.52. The summed E-state index contributed by atoms with van der Waals surface area (Å²) in [5.74, 6) is -1.22. The molecule has 2 aliphatic rings. The van der Waals surface area contributed by atoms with Crippen LogP contribution in [-0.4, -0.2) is 83.3 Å². The third-order valence-corrected chi connectivity index (χ3v) is 9.99. The second-order valence-corrected chi connectivity index (χ2v) is 13.5. The number of hydrogen-bond donors (Lipinski definition) is 7. The minimum Gasteiger partial charge on any atom is -0.387 e. The van der Waals surface area contributed by atoms with Gasteiger partial charge in [0.25, 0.3) is 0 Å². The van der Waals surface area contributed by atoms with E-state index in [9.17, 15) is 43.6 Å². The van der Waals surface area contributed by atoms with Crippen molar-refractivity contribution in [3.63, 3.8) is 0 Å². The van der Waals surface area contributed by atoms with Gasteiger partial charge in [0, 0.05) is 25.6 Å².